The lowest BCUT2D eigenvalue weighted by Crippen LogP contribution is -2.00. The lowest BCUT2D eigenvalue weighted by Gasteiger charge is -2.09. The van der Waals surface area contributed by atoms with Crippen LogP contribution in [0.1, 0.15) is 33.0 Å². The summed E-state index contributed by atoms with van der Waals surface area (Å²) < 4.78 is 5.27. The molecule has 0 saturated heterocycles. The molecule has 2 atom stereocenters. The van der Waals surface area contributed by atoms with Crippen molar-refractivity contribution in [3.05, 3.63) is 35.3 Å². The largest absolute Gasteiger partial charge is 0.467 e. The van der Waals surface area contributed by atoms with Gasteiger partial charge in [-0.15, -0.1) is 0 Å². The Labute approximate surface area is 102 Å². The van der Waals surface area contributed by atoms with Crippen molar-refractivity contribution >= 4 is 6.21 Å². The van der Waals surface area contributed by atoms with Gasteiger partial charge in [0.1, 0.15) is 5.76 Å². The van der Waals surface area contributed by atoms with Crippen LogP contribution in [0.2, 0.25) is 0 Å². The molecular weight excluding hydrogens is 210 g/mol. The van der Waals surface area contributed by atoms with Gasteiger partial charge in [-0.3, -0.25) is 4.99 Å². The Bertz CT molecular complexity index is 479. The zero-order valence-corrected chi connectivity index (χ0v) is 10.7. The molecule has 0 radical (unpaired) electrons. The van der Waals surface area contributed by atoms with E-state index >= 15 is 0 Å². The fourth-order valence-corrected chi connectivity index (χ4v) is 3.28. The van der Waals surface area contributed by atoms with Crippen LogP contribution in [0.3, 0.4) is 0 Å². The highest BCUT2D eigenvalue weighted by Crippen LogP contribution is 2.68. The predicted octanol–water partition coefficient (Wildman–Crippen LogP) is 3.84. The van der Waals surface area contributed by atoms with Crippen LogP contribution < -0.4 is 0 Å². The van der Waals surface area contributed by atoms with Gasteiger partial charge in [-0.1, -0.05) is 19.4 Å². The van der Waals surface area contributed by atoms with Crippen LogP contribution in [0, 0.1) is 17.3 Å². The maximum absolute atomic E-state index is 5.27. The maximum atomic E-state index is 5.27. The minimum Gasteiger partial charge on any atom is -0.467 e. The molecule has 0 spiro atoms. The minimum absolute atomic E-state index is 0.506. The van der Waals surface area contributed by atoms with Gasteiger partial charge in [0, 0.05) is 6.21 Å². The fraction of sp³-hybridized carbons (Fsp3) is 0.533. The molecule has 0 unspecified atom stereocenters. The summed E-state index contributed by atoms with van der Waals surface area (Å²) in [5.74, 6) is 2.56. The van der Waals surface area contributed by atoms with Crippen molar-refractivity contribution < 1.29 is 4.42 Å². The van der Waals surface area contributed by atoms with E-state index in [1.807, 2.05) is 12.1 Å². The van der Waals surface area contributed by atoms with Gasteiger partial charge >= 0.3 is 0 Å². The number of furan rings is 1. The molecule has 1 aromatic rings. The van der Waals surface area contributed by atoms with E-state index in [2.05, 4.69) is 32.0 Å². The maximum Gasteiger partial charge on any atom is 0.125 e. The molecule has 90 valence electrons. The van der Waals surface area contributed by atoms with Gasteiger partial charge in [-0.2, -0.15) is 0 Å². The molecule has 0 aliphatic heterocycles. The SMILES string of the molecule is CC1=C(C=NCc2ccco2)[C@@H]2[C@H](C1)C2(C)C. The first-order valence-corrected chi connectivity index (χ1v) is 6.32. The lowest BCUT2D eigenvalue weighted by atomic mass is 9.96. The molecule has 0 N–H and O–H groups in total. The first-order chi connectivity index (χ1) is 8.10. The molecule has 17 heavy (non-hydrogen) atoms. The zero-order chi connectivity index (χ0) is 12.0. The van der Waals surface area contributed by atoms with Gasteiger partial charge in [-0.05, 0) is 48.3 Å². The van der Waals surface area contributed by atoms with E-state index in [0.29, 0.717) is 12.0 Å². The smallest absolute Gasteiger partial charge is 0.125 e. The first-order valence-electron chi connectivity index (χ1n) is 6.32. The van der Waals surface area contributed by atoms with Crippen molar-refractivity contribution in [2.75, 3.05) is 0 Å². The highest BCUT2D eigenvalue weighted by Gasteiger charge is 2.61. The van der Waals surface area contributed by atoms with Gasteiger partial charge in [-0.25, -0.2) is 0 Å². The molecule has 3 rings (SSSR count). The zero-order valence-electron chi connectivity index (χ0n) is 10.7. The van der Waals surface area contributed by atoms with E-state index in [9.17, 15) is 0 Å². The summed E-state index contributed by atoms with van der Waals surface area (Å²) in [6, 6.07) is 3.88. The van der Waals surface area contributed by atoms with Crippen molar-refractivity contribution in [3.8, 4) is 0 Å². The van der Waals surface area contributed by atoms with Crippen molar-refractivity contribution in [2.24, 2.45) is 22.2 Å². The molecule has 1 heterocycles. The topological polar surface area (TPSA) is 25.5 Å². The summed E-state index contributed by atoms with van der Waals surface area (Å²) in [6.07, 6.45) is 5.04. The number of aliphatic imine (C=N–C) groups is 1. The monoisotopic (exact) mass is 229 g/mol. The number of allylic oxidation sites excluding steroid dienone is 2. The second-order valence-corrected chi connectivity index (χ2v) is 5.89. The molecule has 1 saturated carbocycles. The van der Waals surface area contributed by atoms with Gasteiger partial charge in [0.05, 0.1) is 12.8 Å². The lowest BCUT2D eigenvalue weighted by molar-refractivity contribution is 0.513. The van der Waals surface area contributed by atoms with Crippen molar-refractivity contribution in [3.63, 3.8) is 0 Å². The third kappa shape index (κ3) is 1.67. The third-order valence-corrected chi connectivity index (χ3v) is 4.46. The molecule has 2 heteroatoms. The fourth-order valence-electron chi connectivity index (χ4n) is 3.28. The third-order valence-electron chi connectivity index (χ3n) is 4.46. The number of hydrogen-bond donors (Lipinski definition) is 0. The molecule has 2 aliphatic rings. The number of rotatable bonds is 3. The van der Waals surface area contributed by atoms with E-state index in [-0.39, 0.29) is 0 Å². The highest BCUT2D eigenvalue weighted by atomic mass is 16.3. The van der Waals surface area contributed by atoms with Crippen LogP contribution in [0.25, 0.3) is 0 Å². The van der Waals surface area contributed by atoms with Crippen LogP contribution in [0.15, 0.2) is 39.0 Å². The van der Waals surface area contributed by atoms with E-state index in [0.717, 1.165) is 17.6 Å². The van der Waals surface area contributed by atoms with Crippen molar-refractivity contribution in [1.29, 1.82) is 0 Å². The molecule has 0 bridgehead atoms. The molecule has 0 aromatic carbocycles. The molecular formula is C15H19NO. The number of fused-ring (bicyclic) bond motifs is 1. The molecule has 1 fully saturated rings. The normalized spacial score (nSPS) is 30.1. The molecule has 1 aromatic heterocycles. The number of hydrogen-bond acceptors (Lipinski definition) is 2. The number of nitrogens with zero attached hydrogens (tertiary/aromatic N) is 1. The molecule has 0 amide bonds. The Kier molecular flexibility index (Phi) is 2.29. The summed E-state index contributed by atoms with van der Waals surface area (Å²) in [6.45, 7) is 7.64. The summed E-state index contributed by atoms with van der Waals surface area (Å²) >= 11 is 0. The standard InChI is InChI=1S/C15H19NO/c1-10-7-13-14(15(13,2)3)12(10)9-16-8-11-5-4-6-17-11/h4-6,9,13-14H,7-8H2,1-3H3/t13-,14+/m0/s1. The van der Waals surface area contributed by atoms with Crippen LogP contribution in [0.5, 0.6) is 0 Å². The Morgan fingerprint density at radius 3 is 3.00 bits per heavy atom. The quantitative estimate of drug-likeness (QED) is 0.723. The van der Waals surface area contributed by atoms with E-state index < -0.39 is 0 Å². The summed E-state index contributed by atoms with van der Waals surface area (Å²) in [7, 11) is 0. The van der Waals surface area contributed by atoms with Crippen molar-refractivity contribution in [2.45, 2.75) is 33.7 Å². The van der Waals surface area contributed by atoms with Crippen LogP contribution in [-0.2, 0) is 6.54 Å². The van der Waals surface area contributed by atoms with Crippen LogP contribution in [0.4, 0.5) is 0 Å². The average Bonchev–Trinajstić information content (AvgIpc) is 2.72. The Morgan fingerprint density at radius 2 is 2.35 bits per heavy atom. The Hall–Kier alpha value is -1.31. The van der Waals surface area contributed by atoms with Crippen LogP contribution in [-0.4, -0.2) is 6.21 Å². The first kappa shape index (κ1) is 10.8. The van der Waals surface area contributed by atoms with Gasteiger partial charge in [0.2, 0.25) is 0 Å². The highest BCUT2D eigenvalue weighted by molar-refractivity contribution is 5.83. The minimum atomic E-state index is 0.506. The Morgan fingerprint density at radius 1 is 1.53 bits per heavy atom. The summed E-state index contributed by atoms with van der Waals surface area (Å²) in [5, 5.41) is 0. The van der Waals surface area contributed by atoms with Gasteiger partial charge < -0.3 is 4.42 Å². The summed E-state index contributed by atoms with van der Waals surface area (Å²) in [5.41, 5.74) is 3.51. The van der Waals surface area contributed by atoms with E-state index in [4.69, 9.17) is 4.42 Å². The average molecular weight is 229 g/mol. The summed E-state index contributed by atoms with van der Waals surface area (Å²) in [4.78, 5) is 4.51. The van der Waals surface area contributed by atoms with Crippen LogP contribution >= 0.6 is 0 Å². The molecule has 2 aliphatic carbocycles. The molecule has 2 nitrogen and oxygen atoms in total. The van der Waals surface area contributed by atoms with E-state index in [1.54, 1.807) is 6.26 Å². The van der Waals surface area contributed by atoms with E-state index in [1.165, 1.54) is 17.6 Å². The van der Waals surface area contributed by atoms with Gasteiger partial charge in [0.25, 0.3) is 0 Å². The Balaban J connectivity index is 1.69. The second-order valence-electron chi connectivity index (χ2n) is 5.89. The van der Waals surface area contributed by atoms with Gasteiger partial charge in [0.15, 0.2) is 0 Å². The van der Waals surface area contributed by atoms with Crippen molar-refractivity contribution in [1.82, 2.24) is 0 Å². The predicted molar refractivity (Wildman–Crippen MR) is 69.0 cm³/mol. The second kappa shape index (κ2) is 3.59.